The van der Waals surface area contributed by atoms with Crippen molar-refractivity contribution in [2.24, 2.45) is 0 Å². The van der Waals surface area contributed by atoms with Crippen LogP contribution in [0.4, 0.5) is 0 Å². The zero-order chi connectivity index (χ0) is 9.97. The number of rotatable bonds is 2. The second kappa shape index (κ2) is 3.41. The highest BCUT2D eigenvalue weighted by Crippen LogP contribution is 2.05. The molecule has 0 aliphatic heterocycles. The maximum absolute atomic E-state index is 11.4. The summed E-state index contributed by atoms with van der Waals surface area (Å²) >= 11 is 0. The molecular formula is C10H9N3O. The maximum atomic E-state index is 11.4. The van der Waals surface area contributed by atoms with E-state index in [-0.39, 0.29) is 0 Å². The molecule has 1 aromatic heterocycles. The van der Waals surface area contributed by atoms with Gasteiger partial charge in [0.15, 0.2) is 0 Å². The van der Waals surface area contributed by atoms with Crippen molar-refractivity contribution >= 4 is 11.0 Å². The first-order valence-corrected chi connectivity index (χ1v) is 4.27. The number of fused-ring (bicyclic) bond motifs is 1. The molecule has 14 heavy (non-hydrogen) atoms. The fraction of sp³-hybridized carbons (Fsp3) is 0.100. The fourth-order valence-corrected chi connectivity index (χ4v) is 1.26. The lowest BCUT2D eigenvalue weighted by molar-refractivity contribution is -0.644. The summed E-state index contributed by atoms with van der Waals surface area (Å²) in [6, 6.07) is 7.11. The average molecular weight is 187 g/mol. The Morgan fingerprint density at radius 3 is 3.00 bits per heavy atom. The van der Waals surface area contributed by atoms with Gasteiger partial charge in [0.05, 0.1) is 0 Å². The SMILES string of the molecule is C=CCc1nc2ccccc2[n+]([O-])n1. The van der Waals surface area contributed by atoms with Crippen LogP contribution in [0.15, 0.2) is 36.9 Å². The summed E-state index contributed by atoms with van der Waals surface area (Å²) in [6.07, 6.45) is 2.18. The van der Waals surface area contributed by atoms with Crippen molar-refractivity contribution in [3.8, 4) is 0 Å². The summed E-state index contributed by atoms with van der Waals surface area (Å²) < 4.78 is 0. The topological polar surface area (TPSA) is 52.7 Å². The molecule has 4 nitrogen and oxygen atoms in total. The summed E-state index contributed by atoms with van der Waals surface area (Å²) in [4.78, 5) is 4.82. The van der Waals surface area contributed by atoms with Gasteiger partial charge in [-0.05, 0) is 10.9 Å². The van der Waals surface area contributed by atoms with E-state index in [1.807, 2.05) is 6.07 Å². The molecule has 0 atom stereocenters. The standard InChI is InChI=1S/C10H9N3O/c1-2-5-10-11-8-6-3-4-7-9(8)13(14)12-10/h2-4,6-7H,1,5H2. The highest BCUT2D eigenvalue weighted by molar-refractivity contribution is 5.70. The van der Waals surface area contributed by atoms with Gasteiger partial charge in [-0.15, -0.1) is 6.58 Å². The molecule has 0 amide bonds. The number of aromatic nitrogens is 3. The quantitative estimate of drug-likeness (QED) is 0.400. The number of allylic oxidation sites excluding steroid dienone is 1. The Morgan fingerprint density at radius 2 is 2.21 bits per heavy atom. The average Bonchev–Trinajstić information content (AvgIpc) is 2.18. The number of hydrogen-bond acceptors (Lipinski definition) is 3. The van der Waals surface area contributed by atoms with E-state index in [0.29, 0.717) is 28.1 Å². The summed E-state index contributed by atoms with van der Waals surface area (Å²) in [5, 5.41) is 15.2. The van der Waals surface area contributed by atoms with Crippen LogP contribution >= 0.6 is 0 Å². The Balaban J connectivity index is 2.65. The van der Waals surface area contributed by atoms with Gasteiger partial charge in [0.2, 0.25) is 5.82 Å². The van der Waals surface area contributed by atoms with E-state index in [1.165, 1.54) is 0 Å². The van der Waals surface area contributed by atoms with Crippen LogP contribution in [-0.2, 0) is 6.42 Å². The Kier molecular flexibility index (Phi) is 2.10. The van der Waals surface area contributed by atoms with Crippen molar-refractivity contribution in [3.05, 3.63) is 48.0 Å². The molecular weight excluding hydrogens is 178 g/mol. The Morgan fingerprint density at radius 1 is 1.43 bits per heavy atom. The predicted molar refractivity (Wildman–Crippen MR) is 52.4 cm³/mol. The minimum atomic E-state index is 0.486. The smallest absolute Gasteiger partial charge is 0.270 e. The summed E-state index contributed by atoms with van der Waals surface area (Å²) in [5.41, 5.74) is 1.15. The number of para-hydroxylation sites is 2. The molecule has 0 fully saturated rings. The first-order valence-electron chi connectivity index (χ1n) is 4.27. The molecule has 0 saturated heterocycles. The number of hydrogen-bond donors (Lipinski definition) is 0. The molecule has 2 rings (SSSR count). The lowest BCUT2D eigenvalue weighted by atomic mass is 10.3. The van der Waals surface area contributed by atoms with E-state index < -0.39 is 0 Å². The highest BCUT2D eigenvalue weighted by Gasteiger charge is 2.07. The van der Waals surface area contributed by atoms with Gasteiger partial charge in [-0.1, -0.05) is 18.2 Å². The molecule has 4 heteroatoms. The van der Waals surface area contributed by atoms with Crippen LogP contribution in [0.25, 0.3) is 11.0 Å². The van der Waals surface area contributed by atoms with Crippen LogP contribution in [0.3, 0.4) is 0 Å². The first-order chi connectivity index (χ1) is 6.81. The van der Waals surface area contributed by atoms with Crippen LogP contribution in [-0.4, -0.2) is 10.1 Å². The van der Waals surface area contributed by atoms with Gasteiger partial charge in [0.25, 0.3) is 5.52 Å². The minimum Gasteiger partial charge on any atom is -0.594 e. The zero-order valence-electron chi connectivity index (χ0n) is 7.55. The third kappa shape index (κ3) is 1.42. The molecule has 0 aliphatic rings. The molecule has 1 aromatic carbocycles. The molecule has 0 N–H and O–H groups in total. The van der Waals surface area contributed by atoms with Crippen LogP contribution in [0.2, 0.25) is 0 Å². The van der Waals surface area contributed by atoms with Gasteiger partial charge < -0.3 is 5.21 Å². The molecule has 1 heterocycles. The van der Waals surface area contributed by atoms with Gasteiger partial charge >= 0.3 is 0 Å². The maximum Gasteiger partial charge on any atom is 0.270 e. The molecule has 0 bridgehead atoms. The van der Waals surface area contributed by atoms with Crippen LogP contribution < -0.4 is 4.85 Å². The number of nitrogens with zero attached hydrogens (tertiary/aromatic N) is 3. The lowest BCUT2D eigenvalue weighted by Gasteiger charge is -1.99. The van der Waals surface area contributed by atoms with Crippen LogP contribution in [0.1, 0.15) is 5.82 Å². The lowest BCUT2D eigenvalue weighted by Crippen LogP contribution is -2.33. The molecule has 0 spiro atoms. The molecule has 70 valence electrons. The Labute approximate surface area is 81.1 Å². The highest BCUT2D eigenvalue weighted by atomic mass is 16.5. The first kappa shape index (κ1) is 8.62. The van der Waals surface area contributed by atoms with Crippen molar-refractivity contribution in [1.29, 1.82) is 0 Å². The third-order valence-electron chi connectivity index (χ3n) is 1.87. The predicted octanol–water partition coefficient (Wildman–Crippen LogP) is 0.992. The van der Waals surface area contributed by atoms with E-state index in [4.69, 9.17) is 0 Å². The second-order valence-electron chi connectivity index (χ2n) is 2.88. The van der Waals surface area contributed by atoms with Crippen molar-refractivity contribution in [3.63, 3.8) is 0 Å². The normalized spacial score (nSPS) is 10.3. The number of benzene rings is 1. The second-order valence-corrected chi connectivity index (χ2v) is 2.88. The van der Waals surface area contributed by atoms with Crippen molar-refractivity contribution < 1.29 is 4.85 Å². The fourth-order valence-electron chi connectivity index (χ4n) is 1.26. The monoisotopic (exact) mass is 187 g/mol. The largest absolute Gasteiger partial charge is 0.594 e. The van der Waals surface area contributed by atoms with Gasteiger partial charge in [0.1, 0.15) is 5.52 Å². The minimum absolute atomic E-state index is 0.486. The molecule has 0 saturated carbocycles. The summed E-state index contributed by atoms with van der Waals surface area (Å²) in [6.45, 7) is 3.57. The van der Waals surface area contributed by atoms with E-state index in [2.05, 4.69) is 16.7 Å². The van der Waals surface area contributed by atoms with Gasteiger partial charge in [0, 0.05) is 17.6 Å². The third-order valence-corrected chi connectivity index (χ3v) is 1.87. The molecule has 0 unspecified atom stereocenters. The zero-order valence-corrected chi connectivity index (χ0v) is 7.55. The van der Waals surface area contributed by atoms with E-state index in [0.717, 1.165) is 0 Å². The van der Waals surface area contributed by atoms with E-state index in [9.17, 15) is 5.21 Å². The van der Waals surface area contributed by atoms with Crippen LogP contribution in [0, 0.1) is 5.21 Å². The molecule has 2 aromatic rings. The Bertz CT molecular complexity index is 482. The van der Waals surface area contributed by atoms with Gasteiger partial charge in [-0.3, -0.25) is 0 Å². The van der Waals surface area contributed by atoms with Crippen molar-refractivity contribution in [2.45, 2.75) is 6.42 Å². The van der Waals surface area contributed by atoms with E-state index >= 15 is 0 Å². The van der Waals surface area contributed by atoms with Gasteiger partial charge in [-0.25, -0.2) is 4.98 Å². The van der Waals surface area contributed by atoms with E-state index in [1.54, 1.807) is 24.3 Å². The van der Waals surface area contributed by atoms with Gasteiger partial charge in [-0.2, -0.15) is 0 Å². The van der Waals surface area contributed by atoms with Crippen molar-refractivity contribution in [2.75, 3.05) is 0 Å². The molecule has 0 aliphatic carbocycles. The summed E-state index contributed by atoms with van der Waals surface area (Å²) in [5.74, 6) is 0.494. The van der Waals surface area contributed by atoms with Crippen LogP contribution in [0.5, 0.6) is 0 Å². The summed E-state index contributed by atoms with van der Waals surface area (Å²) in [7, 11) is 0. The Hall–Kier alpha value is -1.97. The van der Waals surface area contributed by atoms with Crippen molar-refractivity contribution in [1.82, 2.24) is 10.1 Å². The molecule has 0 radical (unpaired) electrons.